The van der Waals surface area contributed by atoms with Crippen LogP contribution in [-0.2, 0) is 0 Å². The Kier molecular flexibility index (Phi) is 4.75. The molecule has 0 aliphatic heterocycles. The highest BCUT2D eigenvalue weighted by Gasteiger charge is 2.22. The lowest BCUT2D eigenvalue weighted by Gasteiger charge is -2.21. The molecule has 1 heterocycles. The van der Waals surface area contributed by atoms with Crippen molar-refractivity contribution in [2.75, 3.05) is 6.61 Å². The number of aromatic nitrogens is 2. The normalized spacial score (nSPS) is 24.3. The molecule has 1 aromatic rings. The molecule has 18 heavy (non-hydrogen) atoms. The number of hydrogen-bond acceptors (Lipinski definition) is 5. The van der Waals surface area contributed by atoms with Gasteiger partial charge in [-0.2, -0.15) is 4.98 Å². The maximum absolute atomic E-state index is 6.11. The number of rotatable bonds is 4. The Morgan fingerprint density at radius 3 is 3.00 bits per heavy atom. The van der Waals surface area contributed by atoms with Crippen LogP contribution in [0.2, 0.25) is 0 Å². The standard InChI is InChI=1S/C13H21N3O2/c1-2-17-12-8-9-15-13(16-12)18-11-7-5-3-4-6-10(11)14/h8-11H,2-7,14H2,1H3. The molecule has 0 saturated heterocycles. The van der Waals surface area contributed by atoms with Crippen molar-refractivity contribution in [1.82, 2.24) is 9.97 Å². The summed E-state index contributed by atoms with van der Waals surface area (Å²) in [4.78, 5) is 8.32. The maximum Gasteiger partial charge on any atom is 0.320 e. The van der Waals surface area contributed by atoms with E-state index in [-0.39, 0.29) is 12.1 Å². The van der Waals surface area contributed by atoms with Crippen LogP contribution in [0.4, 0.5) is 0 Å². The van der Waals surface area contributed by atoms with E-state index < -0.39 is 0 Å². The fourth-order valence-electron chi connectivity index (χ4n) is 2.19. The van der Waals surface area contributed by atoms with Crippen LogP contribution < -0.4 is 15.2 Å². The second-order valence-corrected chi connectivity index (χ2v) is 4.57. The van der Waals surface area contributed by atoms with Gasteiger partial charge in [-0.25, -0.2) is 4.98 Å². The van der Waals surface area contributed by atoms with Gasteiger partial charge in [0.25, 0.3) is 0 Å². The molecule has 1 saturated carbocycles. The smallest absolute Gasteiger partial charge is 0.320 e. The third-order valence-electron chi connectivity index (χ3n) is 3.16. The molecule has 2 N–H and O–H groups in total. The predicted octanol–water partition coefficient (Wildman–Crippen LogP) is 1.91. The summed E-state index contributed by atoms with van der Waals surface area (Å²) in [5.74, 6) is 0.546. The van der Waals surface area contributed by atoms with Gasteiger partial charge in [0, 0.05) is 18.3 Å². The van der Waals surface area contributed by atoms with Crippen LogP contribution in [0, 0.1) is 0 Å². The van der Waals surface area contributed by atoms with E-state index in [0.717, 1.165) is 19.3 Å². The molecule has 5 nitrogen and oxygen atoms in total. The van der Waals surface area contributed by atoms with E-state index in [1.54, 1.807) is 12.3 Å². The van der Waals surface area contributed by atoms with Gasteiger partial charge in [0.05, 0.1) is 6.61 Å². The van der Waals surface area contributed by atoms with Crippen LogP contribution in [-0.4, -0.2) is 28.7 Å². The van der Waals surface area contributed by atoms with Gasteiger partial charge in [0.2, 0.25) is 5.88 Å². The van der Waals surface area contributed by atoms with Crippen LogP contribution >= 0.6 is 0 Å². The molecule has 0 radical (unpaired) electrons. The SMILES string of the molecule is CCOc1ccnc(OC2CCCCCC2N)n1. The molecule has 0 aromatic carbocycles. The summed E-state index contributed by atoms with van der Waals surface area (Å²) in [6.07, 6.45) is 7.22. The summed E-state index contributed by atoms with van der Waals surface area (Å²) in [7, 11) is 0. The van der Waals surface area contributed by atoms with E-state index in [1.807, 2.05) is 6.92 Å². The minimum absolute atomic E-state index is 0.0179. The van der Waals surface area contributed by atoms with Gasteiger partial charge >= 0.3 is 6.01 Å². The predicted molar refractivity (Wildman–Crippen MR) is 68.7 cm³/mol. The summed E-state index contributed by atoms with van der Waals surface area (Å²) in [5, 5.41) is 0. The summed E-state index contributed by atoms with van der Waals surface area (Å²) < 4.78 is 11.1. The average molecular weight is 251 g/mol. The second kappa shape index (κ2) is 6.54. The van der Waals surface area contributed by atoms with Crippen molar-refractivity contribution in [2.24, 2.45) is 5.73 Å². The number of hydrogen-bond donors (Lipinski definition) is 1. The Labute approximate surface area is 108 Å². The van der Waals surface area contributed by atoms with Crippen LogP contribution in [0.15, 0.2) is 12.3 Å². The fourth-order valence-corrected chi connectivity index (χ4v) is 2.19. The fraction of sp³-hybridized carbons (Fsp3) is 0.692. The van der Waals surface area contributed by atoms with Gasteiger partial charge in [-0.1, -0.05) is 12.8 Å². The van der Waals surface area contributed by atoms with E-state index in [1.165, 1.54) is 12.8 Å². The van der Waals surface area contributed by atoms with Gasteiger partial charge in [-0.3, -0.25) is 0 Å². The van der Waals surface area contributed by atoms with E-state index in [0.29, 0.717) is 18.5 Å². The Hall–Kier alpha value is -1.36. The third-order valence-corrected chi connectivity index (χ3v) is 3.16. The molecule has 2 unspecified atom stereocenters. The molecule has 1 aromatic heterocycles. The highest BCUT2D eigenvalue weighted by atomic mass is 16.5. The van der Waals surface area contributed by atoms with E-state index in [2.05, 4.69) is 9.97 Å². The summed E-state index contributed by atoms with van der Waals surface area (Å²) >= 11 is 0. The minimum atomic E-state index is 0.0179. The van der Waals surface area contributed by atoms with Crippen molar-refractivity contribution in [1.29, 1.82) is 0 Å². The monoisotopic (exact) mass is 251 g/mol. The molecule has 0 bridgehead atoms. The van der Waals surface area contributed by atoms with Gasteiger partial charge < -0.3 is 15.2 Å². The molecule has 0 amide bonds. The lowest BCUT2D eigenvalue weighted by molar-refractivity contribution is 0.146. The van der Waals surface area contributed by atoms with Crippen molar-refractivity contribution < 1.29 is 9.47 Å². The summed E-state index contributed by atoms with van der Waals surface area (Å²) in [6, 6.07) is 2.17. The first-order chi connectivity index (χ1) is 8.79. The molecular weight excluding hydrogens is 230 g/mol. The molecule has 1 fully saturated rings. The molecule has 1 aliphatic carbocycles. The van der Waals surface area contributed by atoms with Crippen molar-refractivity contribution in [3.8, 4) is 11.9 Å². The maximum atomic E-state index is 6.11. The van der Waals surface area contributed by atoms with Crippen LogP contribution in [0.1, 0.15) is 39.0 Å². The lowest BCUT2D eigenvalue weighted by atomic mass is 10.1. The van der Waals surface area contributed by atoms with Crippen LogP contribution in [0.5, 0.6) is 11.9 Å². The van der Waals surface area contributed by atoms with Gasteiger partial charge in [-0.15, -0.1) is 0 Å². The molecule has 2 atom stereocenters. The summed E-state index contributed by atoms with van der Waals surface area (Å²) in [5.41, 5.74) is 6.11. The third kappa shape index (κ3) is 3.57. The van der Waals surface area contributed by atoms with E-state index in [9.17, 15) is 0 Å². The Balaban J connectivity index is 2.00. The first-order valence-electron chi connectivity index (χ1n) is 6.67. The number of nitrogens with two attached hydrogens (primary N) is 1. The number of nitrogens with zero attached hydrogens (tertiary/aromatic N) is 2. The van der Waals surface area contributed by atoms with Crippen molar-refractivity contribution in [2.45, 2.75) is 51.2 Å². The van der Waals surface area contributed by atoms with Crippen LogP contribution in [0.25, 0.3) is 0 Å². The highest BCUT2D eigenvalue weighted by Crippen LogP contribution is 2.21. The first kappa shape index (κ1) is 13.1. The van der Waals surface area contributed by atoms with Crippen LogP contribution in [0.3, 0.4) is 0 Å². The van der Waals surface area contributed by atoms with Crippen molar-refractivity contribution in [3.05, 3.63) is 12.3 Å². The Bertz CT molecular complexity index is 373. The molecule has 2 rings (SSSR count). The number of ether oxygens (including phenoxy) is 2. The topological polar surface area (TPSA) is 70.3 Å². The molecule has 1 aliphatic rings. The van der Waals surface area contributed by atoms with Crippen molar-refractivity contribution >= 4 is 0 Å². The largest absolute Gasteiger partial charge is 0.478 e. The Morgan fingerprint density at radius 1 is 1.33 bits per heavy atom. The highest BCUT2D eigenvalue weighted by molar-refractivity contribution is 5.11. The van der Waals surface area contributed by atoms with Gasteiger partial charge in [-0.05, 0) is 26.2 Å². The average Bonchev–Trinajstić information content (AvgIpc) is 2.56. The molecular formula is C13H21N3O2. The lowest BCUT2D eigenvalue weighted by Crippen LogP contribution is -2.38. The zero-order valence-corrected chi connectivity index (χ0v) is 10.8. The van der Waals surface area contributed by atoms with E-state index in [4.69, 9.17) is 15.2 Å². The minimum Gasteiger partial charge on any atom is -0.478 e. The second-order valence-electron chi connectivity index (χ2n) is 4.57. The Morgan fingerprint density at radius 2 is 2.17 bits per heavy atom. The summed E-state index contributed by atoms with van der Waals surface area (Å²) in [6.45, 7) is 2.50. The quantitative estimate of drug-likeness (QED) is 0.828. The molecule has 0 spiro atoms. The zero-order chi connectivity index (χ0) is 12.8. The van der Waals surface area contributed by atoms with Gasteiger partial charge in [0.15, 0.2) is 0 Å². The van der Waals surface area contributed by atoms with E-state index >= 15 is 0 Å². The first-order valence-corrected chi connectivity index (χ1v) is 6.67. The van der Waals surface area contributed by atoms with Gasteiger partial charge in [0.1, 0.15) is 6.10 Å². The van der Waals surface area contributed by atoms with Crippen molar-refractivity contribution in [3.63, 3.8) is 0 Å². The molecule has 5 heteroatoms. The zero-order valence-electron chi connectivity index (χ0n) is 10.8. The molecule has 100 valence electrons.